The van der Waals surface area contributed by atoms with Crippen molar-refractivity contribution in [3.63, 3.8) is 0 Å². The monoisotopic (exact) mass is 253 g/mol. The predicted molar refractivity (Wildman–Crippen MR) is 76.8 cm³/mol. The Morgan fingerprint density at radius 1 is 0.944 bits per heavy atom. The highest BCUT2D eigenvalue weighted by atomic mass is 16.5. The molecule has 2 aliphatic rings. The Labute approximate surface area is 113 Å². The van der Waals surface area contributed by atoms with E-state index in [1.807, 2.05) is 0 Å². The maximum Gasteiger partial charge on any atom is 0.0594 e. The highest BCUT2D eigenvalue weighted by molar-refractivity contribution is 4.76. The molecule has 106 valence electrons. The van der Waals surface area contributed by atoms with Gasteiger partial charge in [0, 0.05) is 12.6 Å². The van der Waals surface area contributed by atoms with Crippen molar-refractivity contribution in [2.24, 2.45) is 11.8 Å². The second kappa shape index (κ2) is 7.49. The fourth-order valence-electron chi connectivity index (χ4n) is 3.80. The van der Waals surface area contributed by atoms with Crippen LogP contribution in [0, 0.1) is 11.8 Å². The van der Waals surface area contributed by atoms with E-state index >= 15 is 0 Å². The largest absolute Gasteiger partial charge is 0.377 e. The fraction of sp³-hybridized carbons (Fsp3) is 1.00. The van der Waals surface area contributed by atoms with Crippen molar-refractivity contribution in [3.05, 3.63) is 0 Å². The van der Waals surface area contributed by atoms with E-state index in [4.69, 9.17) is 4.74 Å². The predicted octanol–water partition coefficient (Wildman–Crippen LogP) is 3.75. The summed E-state index contributed by atoms with van der Waals surface area (Å²) in [6.07, 6.45) is 11.5. The van der Waals surface area contributed by atoms with Crippen LogP contribution in [0.1, 0.15) is 65.2 Å². The summed E-state index contributed by atoms with van der Waals surface area (Å²) >= 11 is 0. The molecule has 0 saturated heterocycles. The summed E-state index contributed by atoms with van der Waals surface area (Å²) < 4.78 is 6.05. The minimum absolute atomic E-state index is 0.525. The number of rotatable bonds is 5. The molecule has 0 aromatic rings. The van der Waals surface area contributed by atoms with Gasteiger partial charge in [0.1, 0.15) is 0 Å². The van der Waals surface area contributed by atoms with Crippen LogP contribution < -0.4 is 5.32 Å². The molecule has 0 radical (unpaired) electrons. The van der Waals surface area contributed by atoms with Gasteiger partial charge in [-0.25, -0.2) is 0 Å². The highest BCUT2D eigenvalue weighted by Crippen LogP contribution is 2.30. The van der Waals surface area contributed by atoms with E-state index in [0.29, 0.717) is 6.10 Å². The van der Waals surface area contributed by atoms with Crippen molar-refractivity contribution >= 4 is 0 Å². The van der Waals surface area contributed by atoms with E-state index < -0.39 is 0 Å². The molecule has 2 unspecified atom stereocenters. The Kier molecular flexibility index (Phi) is 5.97. The Bertz CT molecular complexity index is 215. The average molecular weight is 253 g/mol. The summed E-state index contributed by atoms with van der Waals surface area (Å²) in [5, 5.41) is 3.66. The van der Waals surface area contributed by atoms with E-state index in [2.05, 4.69) is 19.2 Å². The minimum Gasteiger partial charge on any atom is -0.377 e. The van der Waals surface area contributed by atoms with Gasteiger partial charge in [-0.3, -0.25) is 0 Å². The van der Waals surface area contributed by atoms with E-state index in [1.165, 1.54) is 51.4 Å². The molecule has 2 atom stereocenters. The van der Waals surface area contributed by atoms with Crippen molar-refractivity contribution in [1.29, 1.82) is 0 Å². The van der Waals surface area contributed by atoms with Gasteiger partial charge in [0.25, 0.3) is 0 Å². The number of nitrogens with one attached hydrogen (secondary N) is 1. The Morgan fingerprint density at radius 3 is 2.28 bits per heavy atom. The molecule has 0 amide bonds. The lowest BCUT2D eigenvalue weighted by Gasteiger charge is -2.31. The van der Waals surface area contributed by atoms with Crippen LogP contribution in [0.5, 0.6) is 0 Å². The van der Waals surface area contributed by atoms with Crippen LogP contribution in [0.15, 0.2) is 0 Å². The van der Waals surface area contributed by atoms with Gasteiger partial charge in [0.05, 0.1) is 12.7 Å². The summed E-state index contributed by atoms with van der Waals surface area (Å²) in [4.78, 5) is 0. The molecular weight excluding hydrogens is 222 g/mol. The first kappa shape index (κ1) is 14.3. The minimum atomic E-state index is 0.525. The van der Waals surface area contributed by atoms with Crippen LogP contribution in [0.3, 0.4) is 0 Å². The van der Waals surface area contributed by atoms with Crippen molar-refractivity contribution in [3.8, 4) is 0 Å². The number of hydrogen-bond acceptors (Lipinski definition) is 2. The second-order valence-electron chi connectivity index (χ2n) is 6.70. The van der Waals surface area contributed by atoms with Crippen molar-refractivity contribution in [2.45, 2.75) is 77.4 Å². The smallest absolute Gasteiger partial charge is 0.0594 e. The van der Waals surface area contributed by atoms with Crippen molar-refractivity contribution in [1.82, 2.24) is 5.32 Å². The standard InChI is InChI=1S/C16H31NO/c1-13-10-14(2)12-16(11-13)18-9-8-17-15-6-4-3-5-7-15/h13-17H,3-12H2,1-2H3. The van der Waals surface area contributed by atoms with Gasteiger partial charge in [-0.2, -0.15) is 0 Å². The molecule has 0 spiro atoms. The molecule has 2 fully saturated rings. The lowest BCUT2D eigenvalue weighted by atomic mass is 9.82. The summed E-state index contributed by atoms with van der Waals surface area (Å²) in [6.45, 7) is 6.68. The lowest BCUT2D eigenvalue weighted by molar-refractivity contribution is 0.00172. The molecule has 0 bridgehead atoms. The molecule has 1 N–H and O–H groups in total. The number of hydrogen-bond donors (Lipinski definition) is 1. The average Bonchev–Trinajstić information content (AvgIpc) is 2.35. The topological polar surface area (TPSA) is 21.3 Å². The van der Waals surface area contributed by atoms with Crippen molar-refractivity contribution < 1.29 is 4.74 Å². The van der Waals surface area contributed by atoms with Gasteiger partial charge in [-0.1, -0.05) is 33.1 Å². The van der Waals surface area contributed by atoms with Gasteiger partial charge in [0.2, 0.25) is 0 Å². The SMILES string of the molecule is CC1CC(C)CC(OCCNC2CCCCC2)C1. The van der Waals surface area contributed by atoms with Crippen LogP contribution in [-0.4, -0.2) is 25.3 Å². The van der Waals surface area contributed by atoms with Crippen molar-refractivity contribution in [2.75, 3.05) is 13.2 Å². The van der Waals surface area contributed by atoms with E-state index in [0.717, 1.165) is 31.0 Å². The quantitative estimate of drug-likeness (QED) is 0.753. The Balaban J connectivity index is 1.54. The summed E-state index contributed by atoms with van der Waals surface area (Å²) in [5.74, 6) is 1.70. The number of ether oxygens (including phenoxy) is 1. The summed E-state index contributed by atoms with van der Waals surface area (Å²) in [5.41, 5.74) is 0. The summed E-state index contributed by atoms with van der Waals surface area (Å²) in [7, 11) is 0. The molecule has 0 aromatic heterocycles. The molecule has 2 nitrogen and oxygen atoms in total. The van der Waals surface area contributed by atoms with Gasteiger partial charge in [-0.15, -0.1) is 0 Å². The molecule has 0 aliphatic heterocycles. The zero-order valence-electron chi connectivity index (χ0n) is 12.3. The van der Waals surface area contributed by atoms with Crippen LogP contribution >= 0.6 is 0 Å². The molecule has 2 rings (SSSR count). The first-order valence-corrected chi connectivity index (χ1v) is 8.09. The third kappa shape index (κ3) is 4.89. The zero-order chi connectivity index (χ0) is 12.8. The Hall–Kier alpha value is -0.0800. The molecule has 0 aromatic carbocycles. The maximum atomic E-state index is 6.05. The fourth-order valence-corrected chi connectivity index (χ4v) is 3.80. The van der Waals surface area contributed by atoms with E-state index in [-0.39, 0.29) is 0 Å². The molecule has 0 heterocycles. The third-order valence-electron chi connectivity index (χ3n) is 4.63. The first-order chi connectivity index (χ1) is 8.74. The van der Waals surface area contributed by atoms with Gasteiger partial charge in [-0.05, 0) is 43.9 Å². The van der Waals surface area contributed by atoms with Gasteiger partial charge >= 0.3 is 0 Å². The van der Waals surface area contributed by atoms with E-state index in [9.17, 15) is 0 Å². The van der Waals surface area contributed by atoms with E-state index in [1.54, 1.807) is 0 Å². The van der Waals surface area contributed by atoms with Crippen LogP contribution in [0.4, 0.5) is 0 Å². The first-order valence-electron chi connectivity index (χ1n) is 8.09. The molecular formula is C16H31NO. The molecule has 18 heavy (non-hydrogen) atoms. The Morgan fingerprint density at radius 2 is 1.61 bits per heavy atom. The molecule has 2 aliphatic carbocycles. The summed E-state index contributed by atoms with van der Waals surface area (Å²) in [6, 6.07) is 0.770. The van der Waals surface area contributed by atoms with Crippen LogP contribution in [0.2, 0.25) is 0 Å². The van der Waals surface area contributed by atoms with Crippen LogP contribution in [-0.2, 0) is 4.74 Å². The lowest BCUT2D eigenvalue weighted by Crippen LogP contribution is -2.35. The zero-order valence-corrected chi connectivity index (χ0v) is 12.3. The normalized spacial score (nSPS) is 34.7. The van der Waals surface area contributed by atoms with Crippen LogP contribution in [0.25, 0.3) is 0 Å². The second-order valence-corrected chi connectivity index (χ2v) is 6.70. The highest BCUT2D eigenvalue weighted by Gasteiger charge is 2.24. The van der Waals surface area contributed by atoms with Gasteiger partial charge in [0.15, 0.2) is 0 Å². The molecule has 2 saturated carbocycles. The maximum absolute atomic E-state index is 6.05. The third-order valence-corrected chi connectivity index (χ3v) is 4.63. The molecule has 2 heteroatoms. The van der Waals surface area contributed by atoms with Gasteiger partial charge < -0.3 is 10.1 Å².